The first-order valence-corrected chi connectivity index (χ1v) is 7.28. The number of aryl methyl sites for hydroxylation is 2. The van der Waals surface area contributed by atoms with Crippen LogP contribution in [0.3, 0.4) is 0 Å². The molecule has 19 heavy (non-hydrogen) atoms. The lowest BCUT2D eigenvalue weighted by molar-refractivity contribution is -0.150. The highest BCUT2D eigenvalue weighted by Crippen LogP contribution is 2.26. The Morgan fingerprint density at radius 2 is 1.84 bits per heavy atom. The van der Waals surface area contributed by atoms with Crippen LogP contribution in [-0.2, 0) is 22.3 Å². The first-order valence-electron chi connectivity index (χ1n) is 7.28. The number of ether oxygens (including phenoxy) is 3. The Bertz CT molecular complexity index is 436. The van der Waals surface area contributed by atoms with E-state index in [1.807, 2.05) is 6.92 Å². The Morgan fingerprint density at radius 3 is 2.63 bits per heavy atom. The second kappa shape index (κ2) is 5.51. The maximum Gasteiger partial charge on any atom is 0.168 e. The number of rotatable bonds is 4. The van der Waals surface area contributed by atoms with Crippen LogP contribution in [0.5, 0.6) is 5.75 Å². The Labute approximate surface area is 114 Å². The van der Waals surface area contributed by atoms with E-state index < -0.39 is 5.79 Å². The molecule has 0 unspecified atom stereocenters. The smallest absolute Gasteiger partial charge is 0.168 e. The topological polar surface area (TPSA) is 27.7 Å². The van der Waals surface area contributed by atoms with Crippen LogP contribution in [0.1, 0.15) is 37.3 Å². The normalized spacial score (nSPS) is 21.1. The van der Waals surface area contributed by atoms with Gasteiger partial charge in [-0.2, -0.15) is 0 Å². The molecule has 3 nitrogen and oxygen atoms in total. The molecule has 1 aliphatic heterocycles. The van der Waals surface area contributed by atoms with Crippen LogP contribution < -0.4 is 4.74 Å². The van der Waals surface area contributed by atoms with Crippen molar-refractivity contribution in [1.82, 2.24) is 0 Å². The van der Waals surface area contributed by atoms with Gasteiger partial charge in [0.2, 0.25) is 0 Å². The van der Waals surface area contributed by atoms with Crippen LogP contribution in [0.25, 0.3) is 0 Å². The number of hydrogen-bond donors (Lipinski definition) is 0. The van der Waals surface area contributed by atoms with Crippen molar-refractivity contribution in [2.24, 2.45) is 0 Å². The van der Waals surface area contributed by atoms with Crippen molar-refractivity contribution >= 4 is 0 Å². The molecule has 1 fully saturated rings. The van der Waals surface area contributed by atoms with E-state index in [1.54, 1.807) is 0 Å². The summed E-state index contributed by atoms with van der Waals surface area (Å²) in [5, 5.41) is 0. The van der Waals surface area contributed by atoms with Gasteiger partial charge in [-0.1, -0.05) is 6.07 Å². The van der Waals surface area contributed by atoms with Crippen LogP contribution >= 0.6 is 0 Å². The molecule has 1 aliphatic carbocycles. The van der Waals surface area contributed by atoms with E-state index in [-0.39, 0.29) is 0 Å². The van der Waals surface area contributed by atoms with E-state index in [1.165, 1.54) is 36.8 Å². The van der Waals surface area contributed by atoms with E-state index in [4.69, 9.17) is 14.2 Å². The Hall–Kier alpha value is -1.06. The molecule has 0 radical (unpaired) electrons. The lowest BCUT2D eigenvalue weighted by atomic mass is 9.92. The van der Waals surface area contributed by atoms with Gasteiger partial charge in [-0.3, -0.25) is 0 Å². The maximum absolute atomic E-state index is 5.84. The minimum Gasteiger partial charge on any atom is -0.493 e. The second-order valence-corrected chi connectivity index (χ2v) is 5.57. The molecule has 0 atom stereocenters. The molecule has 1 saturated heterocycles. The quantitative estimate of drug-likeness (QED) is 0.834. The molecule has 0 aromatic heterocycles. The van der Waals surface area contributed by atoms with Crippen LogP contribution in [0.4, 0.5) is 0 Å². The van der Waals surface area contributed by atoms with Crippen LogP contribution in [0.15, 0.2) is 18.2 Å². The minimum absolute atomic E-state index is 0.450. The van der Waals surface area contributed by atoms with Gasteiger partial charge in [-0.05, 0) is 55.9 Å². The summed E-state index contributed by atoms with van der Waals surface area (Å²) in [6.45, 7) is 4.00. The standard InChI is InChI=1S/C16H22O3/c1-16(18-10-11-19-16)8-9-17-15-7-6-13-4-2-3-5-14(13)12-15/h6-7,12H,2-5,8-11H2,1H3. The molecule has 0 N–H and O–H groups in total. The molecular formula is C16H22O3. The van der Waals surface area contributed by atoms with E-state index in [2.05, 4.69) is 18.2 Å². The van der Waals surface area contributed by atoms with Gasteiger partial charge < -0.3 is 14.2 Å². The highest BCUT2D eigenvalue weighted by Gasteiger charge is 2.30. The van der Waals surface area contributed by atoms with Gasteiger partial charge in [-0.15, -0.1) is 0 Å². The van der Waals surface area contributed by atoms with E-state index >= 15 is 0 Å². The summed E-state index contributed by atoms with van der Waals surface area (Å²) in [7, 11) is 0. The third-order valence-electron chi connectivity index (χ3n) is 4.04. The third kappa shape index (κ3) is 3.10. The molecule has 1 aromatic carbocycles. The van der Waals surface area contributed by atoms with E-state index in [0.29, 0.717) is 19.8 Å². The molecule has 0 bridgehead atoms. The summed E-state index contributed by atoms with van der Waals surface area (Å²) < 4.78 is 17.0. The van der Waals surface area contributed by atoms with Gasteiger partial charge >= 0.3 is 0 Å². The third-order valence-corrected chi connectivity index (χ3v) is 4.04. The molecule has 104 valence electrons. The first-order chi connectivity index (χ1) is 9.25. The number of fused-ring (bicyclic) bond motifs is 1. The number of benzene rings is 1. The van der Waals surface area contributed by atoms with Crippen molar-refractivity contribution in [1.29, 1.82) is 0 Å². The molecule has 2 aliphatic rings. The average Bonchev–Trinajstić information content (AvgIpc) is 2.86. The second-order valence-electron chi connectivity index (χ2n) is 5.57. The first kappa shape index (κ1) is 12.9. The van der Waals surface area contributed by atoms with Crippen LogP contribution in [0.2, 0.25) is 0 Å². The van der Waals surface area contributed by atoms with Gasteiger partial charge in [-0.25, -0.2) is 0 Å². The lowest BCUT2D eigenvalue weighted by Crippen LogP contribution is -2.27. The predicted octanol–water partition coefficient (Wildman–Crippen LogP) is 3.10. The summed E-state index contributed by atoms with van der Waals surface area (Å²) in [6, 6.07) is 6.50. The molecule has 1 heterocycles. The summed E-state index contributed by atoms with van der Waals surface area (Å²) in [5.74, 6) is 0.524. The largest absolute Gasteiger partial charge is 0.493 e. The van der Waals surface area contributed by atoms with Crippen molar-refractivity contribution in [3.05, 3.63) is 29.3 Å². The van der Waals surface area contributed by atoms with Crippen LogP contribution in [0, 0.1) is 0 Å². The molecule has 1 aromatic rings. The zero-order valence-corrected chi connectivity index (χ0v) is 11.6. The summed E-state index contributed by atoms with van der Waals surface area (Å²) in [4.78, 5) is 0. The zero-order valence-electron chi connectivity index (χ0n) is 11.6. The van der Waals surface area contributed by atoms with E-state index in [0.717, 1.165) is 12.2 Å². The highest BCUT2D eigenvalue weighted by molar-refractivity contribution is 5.37. The molecule has 3 heteroatoms. The van der Waals surface area contributed by atoms with Gasteiger partial charge in [0.25, 0.3) is 0 Å². The molecule has 3 rings (SSSR count). The average molecular weight is 262 g/mol. The predicted molar refractivity (Wildman–Crippen MR) is 73.5 cm³/mol. The van der Waals surface area contributed by atoms with Crippen molar-refractivity contribution in [3.63, 3.8) is 0 Å². The van der Waals surface area contributed by atoms with Crippen molar-refractivity contribution < 1.29 is 14.2 Å². The zero-order chi connectivity index (χ0) is 13.1. The molecular weight excluding hydrogens is 240 g/mol. The summed E-state index contributed by atoms with van der Waals surface area (Å²) >= 11 is 0. The van der Waals surface area contributed by atoms with Gasteiger partial charge in [0.1, 0.15) is 5.75 Å². The van der Waals surface area contributed by atoms with Gasteiger partial charge in [0.15, 0.2) is 5.79 Å². The monoisotopic (exact) mass is 262 g/mol. The fourth-order valence-corrected chi connectivity index (χ4v) is 2.86. The summed E-state index contributed by atoms with van der Waals surface area (Å²) in [5.41, 5.74) is 2.95. The Balaban J connectivity index is 1.55. The van der Waals surface area contributed by atoms with Crippen LogP contribution in [-0.4, -0.2) is 25.6 Å². The fraction of sp³-hybridized carbons (Fsp3) is 0.625. The highest BCUT2D eigenvalue weighted by atomic mass is 16.7. The van der Waals surface area contributed by atoms with Crippen molar-refractivity contribution in [3.8, 4) is 5.75 Å². The fourth-order valence-electron chi connectivity index (χ4n) is 2.86. The van der Waals surface area contributed by atoms with Crippen molar-refractivity contribution in [2.75, 3.05) is 19.8 Å². The van der Waals surface area contributed by atoms with Gasteiger partial charge in [0.05, 0.1) is 19.8 Å². The SMILES string of the molecule is CC1(CCOc2ccc3c(c2)CCCC3)OCCO1. The maximum atomic E-state index is 5.84. The Kier molecular flexibility index (Phi) is 3.76. The summed E-state index contributed by atoms with van der Waals surface area (Å²) in [6.07, 6.45) is 5.80. The number of hydrogen-bond acceptors (Lipinski definition) is 3. The Morgan fingerprint density at radius 1 is 1.11 bits per heavy atom. The van der Waals surface area contributed by atoms with Crippen molar-refractivity contribution in [2.45, 2.75) is 44.8 Å². The minimum atomic E-state index is -0.450. The van der Waals surface area contributed by atoms with Gasteiger partial charge in [0, 0.05) is 6.42 Å². The van der Waals surface area contributed by atoms with E-state index in [9.17, 15) is 0 Å². The molecule has 0 amide bonds. The molecule has 0 spiro atoms. The molecule has 0 saturated carbocycles. The lowest BCUT2D eigenvalue weighted by Gasteiger charge is -2.22.